The molecule has 304 valence electrons. The molecule has 1 aromatic heterocycles. The van der Waals surface area contributed by atoms with Crippen molar-refractivity contribution in [2.75, 3.05) is 50.0 Å². The minimum atomic E-state index is -3.71. The zero-order valence-corrected chi connectivity index (χ0v) is 33.7. The molecule has 0 radical (unpaired) electrons. The number of aromatic nitrogens is 2. The van der Waals surface area contributed by atoms with Gasteiger partial charge in [0.15, 0.2) is 0 Å². The van der Waals surface area contributed by atoms with E-state index < -0.39 is 45.2 Å². The van der Waals surface area contributed by atoms with Crippen LogP contribution < -0.4 is 25.4 Å². The number of hydrogen-bond acceptors (Lipinski definition) is 13. The van der Waals surface area contributed by atoms with Crippen LogP contribution in [0.1, 0.15) is 65.5 Å². The molecule has 4 amide bonds. The van der Waals surface area contributed by atoms with Gasteiger partial charge < -0.3 is 15.4 Å². The quantitative estimate of drug-likeness (QED) is 0.142. The largest absolute Gasteiger partial charge is 0.492 e. The van der Waals surface area contributed by atoms with E-state index in [0.717, 1.165) is 60.2 Å². The first-order valence-electron chi connectivity index (χ1n) is 19.2. The fraction of sp³-hybridized carbons (Fsp3) is 0.366. The number of benzene rings is 3. The number of carbonyl (C=O) groups excluding carboxylic acids is 4. The molecule has 3 aliphatic rings. The van der Waals surface area contributed by atoms with Crippen LogP contribution >= 0.6 is 0 Å². The number of sulfonamides is 1. The van der Waals surface area contributed by atoms with Gasteiger partial charge in [-0.25, -0.2) is 18.1 Å². The van der Waals surface area contributed by atoms with Gasteiger partial charge in [0.05, 0.1) is 16.0 Å². The number of piperidine rings is 1. The van der Waals surface area contributed by atoms with Crippen molar-refractivity contribution in [1.29, 1.82) is 0 Å². The first-order chi connectivity index (χ1) is 27.6. The molecule has 2 fully saturated rings. The van der Waals surface area contributed by atoms with Crippen LogP contribution in [0.25, 0.3) is 0 Å². The highest BCUT2D eigenvalue weighted by molar-refractivity contribution is 7.89. The van der Waals surface area contributed by atoms with Crippen LogP contribution in [0.5, 0.6) is 5.75 Å². The lowest BCUT2D eigenvalue weighted by molar-refractivity contribution is -0.136. The number of imide groups is 2. The molecule has 7 rings (SSSR count). The molecule has 4 N–H and O–H groups in total. The van der Waals surface area contributed by atoms with E-state index in [1.807, 2.05) is 37.3 Å². The van der Waals surface area contributed by atoms with E-state index in [-0.39, 0.29) is 23.3 Å². The molecule has 2 saturated heterocycles. The van der Waals surface area contributed by atoms with E-state index in [1.54, 1.807) is 63.4 Å². The Morgan fingerprint density at radius 1 is 0.862 bits per heavy atom. The van der Waals surface area contributed by atoms with Gasteiger partial charge in [-0.3, -0.25) is 39.2 Å². The summed E-state index contributed by atoms with van der Waals surface area (Å²) in [5, 5.41) is 8.66. The minimum absolute atomic E-state index is 0.0824. The Bertz CT molecular complexity index is 2340. The molecule has 0 saturated carbocycles. The maximum absolute atomic E-state index is 13.2. The Balaban J connectivity index is 0.855. The number of nitrogens with zero attached hydrogens (tertiary/aromatic N) is 5. The molecule has 1 unspecified atom stereocenters. The van der Waals surface area contributed by atoms with Crippen molar-refractivity contribution in [2.45, 2.75) is 63.6 Å². The number of carbonyl (C=O) groups is 4. The van der Waals surface area contributed by atoms with Crippen LogP contribution in [0.2, 0.25) is 0 Å². The van der Waals surface area contributed by atoms with Gasteiger partial charge in [0.2, 0.25) is 27.8 Å². The molecule has 4 heterocycles. The number of amides is 4. The fourth-order valence-electron chi connectivity index (χ4n) is 7.07. The number of ether oxygens (including phenoxy) is 1. The Hall–Kier alpha value is -5.75. The summed E-state index contributed by atoms with van der Waals surface area (Å²) in [6.07, 6.45) is 1.90. The molecule has 3 aromatic carbocycles. The van der Waals surface area contributed by atoms with Crippen molar-refractivity contribution in [2.24, 2.45) is 0 Å². The average Bonchev–Trinajstić information content (AvgIpc) is 3.41. The summed E-state index contributed by atoms with van der Waals surface area (Å²) in [7, 11) is -3.71. The molecule has 1 atom stereocenters. The van der Waals surface area contributed by atoms with Gasteiger partial charge in [0.25, 0.3) is 11.8 Å². The normalized spacial score (nSPS) is 17.9. The van der Waals surface area contributed by atoms with Gasteiger partial charge in [0.1, 0.15) is 24.2 Å². The zero-order chi connectivity index (χ0) is 41.2. The van der Waals surface area contributed by atoms with Crippen molar-refractivity contribution in [3.05, 3.63) is 95.2 Å². The number of piperazine rings is 1. The second kappa shape index (κ2) is 16.6. The summed E-state index contributed by atoms with van der Waals surface area (Å²) in [5.74, 6) is -0.387. The zero-order valence-electron chi connectivity index (χ0n) is 32.9. The Labute approximate surface area is 337 Å². The third-order valence-electron chi connectivity index (χ3n) is 9.98. The second-order valence-electron chi connectivity index (χ2n) is 15.7. The van der Waals surface area contributed by atoms with Gasteiger partial charge in [-0.15, -0.1) is 0 Å². The van der Waals surface area contributed by atoms with Crippen molar-refractivity contribution < 1.29 is 32.3 Å². The number of anilines is 4. The molecule has 17 heteroatoms. The number of hydrogen-bond donors (Lipinski definition) is 4. The van der Waals surface area contributed by atoms with Crippen LogP contribution in [-0.2, 0) is 26.2 Å². The Morgan fingerprint density at radius 3 is 2.31 bits per heavy atom. The van der Waals surface area contributed by atoms with Crippen molar-refractivity contribution in [3.8, 4) is 5.75 Å². The molecular formula is C41H47N9O7S. The van der Waals surface area contributed by atoms with E-state index in [4.69, 9.17) is 4.74 Å². The molecule has 16 nitrogen and oxygen atoms in total. The Kier molecular flexibility index (Phi) is 11.6. The summed E-state index contributed by atoms with van der Waals surface area (Å²) in [5.41, 5.74) is 3.00. The molecule has 4 aromatic rings. The number of fused-ring (bicyclic) bond motifs is 1. The highest BCUT2D eigenvalue weighted by Crippen LogP contribution is 2.29. The van der Waals surface area contributed by atoms with E-state index >= 15 is 0 Å². The van der Waals surface area contributed by atoms with E-state index in [9.17, 15) is 27.6 Å². The highest BCUT2D eigenvalue weighted by atomic mass is 32.2. The van der Waals surface area contributed by atoms with Crippen LogP contribution in [0.3, 0.4) is 0 Å². The molecule has 0 aliphatic carbocycles. The lowest BCUT2D eigenvalue weighted by atomic mass is 10.0. The van der Waals surface area contributed by atoms with Gasteiger partial charge in [-0.05, 0) is 94.3 Å². The fourth-order valence-corrected chi connectivity index (χ4v) is 8.53. The third-order valence-corrected chi connectivity index (χ3v) is 11.7. The monoisotopic (exact) mass is 809 g/mol. The summed E-state index contributed by atoms with van der Waals surface area (Å²) >= 11 is 0. The number of rotatable bonds is 13. The van der Waals surface area contributed by atoms with Crippen molar-refractivity contribution in [3.63, 3.8) is 0 Å². The highest BCUT2D eigenvalue weighted by Gasteiger charge is 2.44. The lowest BCUT2D eigenvalue weighted by Gasteiger charge is -2.34. The first kappa shape index (κ1) is 40.4. The topological polar surface area (TPSA) is 195 Å². The first-order valence-corrected chi connectivity index (χ1v) is 20.6. The van der Waals surface area contributed by atoms with Crippen molar-refractivity contribution in [1.82, 2.24) is 34.7 Å². The van der Waals surface area contributed by atoms with Gasteiger partial charge in [-0.1, -0.05) is 12.1 Å². The second-order valence-corrected chi connectivity index (χ2v) is 17.4. The number of nitrogens with one attached hydrogen (secondary N) is 4. The molecule has 0 bridgehead atoms. The smallest absolute Gasteiger partial charge is 0.262 e. The molecule has 3 aliphatic heterocycles. The lowest BCUT2D eigenvalue weighted by Crippen LogP contribution is -2.54. The standard InChI is InChI=1S/C41H47N9O7S/c1-26-24-42-40(46-36(26)43-29-6-5-7-31(23-29)58(55,56)47-41(2,3)4)44-28-9-11-30(12-10-28)57-21-20-48-16-18-49(19-17-48)25-27-8-13-32-33(22-27)39(54)50(38(32)53)34-14-15-35(51)45-37(34)52/h5-13,22-24,34,47H,14-21,25H2,1-4H3,(H,45,51,52)(H2,42,43,44,46). The molecular weight excluding hydrogens is 763 g/mol. The molecule has 0 spiro atoms. The third kappa shape index (κ3) is 9.50. The minimum Gasteiger partial charge on any atom is -0.492 e. The summed E-state index contributed by atoms with van der Waals surface area (Å²) in [4.78, 5) is 65.0. The number of aryl methyl sites for hydroxylation is 1. The van der Waals surface area contributed by atoms with Gasteiger partial charge in [-0.2, -0.15) is 4.98 Å². The average molecular weight is 810 g/mol. The van der Waals surface area contributed by atoms with Gasteiger partial charge >= 0.3 is 0 Å². The SMILES string of the molecule is Cc1cnc(Nc2ccc(OCCN3CCN(Cc4ccc5c(c4)C(=O)N(C4CCC(=O)NC4=O)C5=O)CC3)cc2)nc1Nc1cccc(S(=O)(=O)NC(C)(C)C)c1. The van der Waals surface area contributed by atoms with Crippen LogP contribution in [0.15, 0.2) is 77.8 Å². The maximum atomic E-state index is 13.2. The van der Waals surface area contributed by atoms with Gasteiger partial charge in [0, 0.05) is 74.4 Å². The predicted octanol–water partition coefficient (Wildman–Crippen LogP) is 3.95. The van der Waals surface area contributed by atoms with E-state index in [1.165, 1.54) is 0 Å². The maximum Gasteiger partial charge on any atom is 0.262 e. The van der Waals surface area contributed by atoms with Crippen LogP contribution in [-0.4, -0.2) is 108 Å². The van der Waals surface area contributed by atoms with E-state index in [0.29, 0.717) is 36.2 Å². The Morgan fingerprint density at radius 2 is 1.59 bits per heavy atom. The van der Waals surface area contributed by atoms with Crippen LogP contribution in [0.4, 0.5) is 23.1 Å². The summed E-state index contributed by atoms with van der Waals surface area (Å²) in [6, 6.07) is 18.4. The van der Waals surface area contributed by atoms with Crippen molar-refractivity contribution >= 4 is 56.8 Å². The van der Waals surface area contributed by atoms with Crippen LogP contribution in [0, 0.1) is 6.92 Å². The molecule has 58 heavy (non-hydrogen) atoms. The summed E-state index contributed by atoms with van der Waals surface area (Å²) < 4.78 is 34.5. The van der Waals surface area contributed by atoms with E-state index in [2.05, 4.69) is 40.4 Å². The predicted molar refractivity (Wildman–Crippen MR) is 217 cm³/mol. The summed E-state index contributed by atoms with van der Waals surface area (Å²) in [6.45, 7) is 12.5.